The molecule has 10 heteroatoms. The summed E-state index contributed by atoms with van der Waals surface area (Å²) in [4.78, 5) is 36.9. The molecule has 1 aliphatic heterocycles. The molecule has 2 N–H and O–H groups in total. The maximum absolute atomic E-state index is 12.7. The van der Waals surface area contributed by atoms with Crippen LogP contribution in [0.4, 0.5) is 11.4 Å². The third-order valence-corrected chi connectivity index (χ3v) is 4.58. The van der Waals surface area contributed by atoms with Crippen molar-refractivity contribution in [2.75, 3.05) is 32.1 Å². The Kier molecular flexibility index (Phi) is 6.51. The van der Waals surface area contributed by atoms with E-state index >= 15 is 0 Å². The molecule has 2 aromatic carbocycles. The van der Waals surface area contributed by atoms with Crippen LogP contribution in [-0.4, -0.2) is 53.6 Å². The number of carbonyl (C=O) groups is 2. The van der Waals surface area contributed by atoms with Crippen molar-refractivity contribution < 1.29 is 29.1 Å². The fourth-order valence-electron chi connectivity index (χ4n) is 3.06. The lowest BCUT2D eigenvalue weighted by Crippen LogP contribution is -2.31. The van der Waals surface area contributed by atoms with Crippen LogP contribution in [0.25, 0.3) is 0 Å². The number of nitrogens with one attached hydrogen (secondary N) is 1. The lowest BCUT2D eigenvalue weighted by Gasteiger charge is -2.15. The summed E-state index contributed by atoms with van der Waals surface area (Å²) in [6.07, 6.45) is 0. The zero-order valence-electron chi connectivity index (χ0n) is 17.0. The SMILES string of the molecule is COC(=O)C1=C(Nc2cc(Oc3ccc(C)cc3)cc([N+](=O)[O-])c2)C(=O)N(CCO)C1. The second-order valence-corrected chi connectivity index (χ2v) is 6.81. The van der Waals surface area contributed by atoms with Gasteiger partial charge in [-0.3, -0.25) is 14.9 Å². The summed E-state index contributed by atoms with van der Waals surface area (Å²) in [6.45, 7) is 1.63. The summed E-state index contributed by atoms with van der Waals surface area (Å²) in [5.41, 5.74) is 0.954. The quantitative estimate of drug-likeness (QED) is 0.373. The first-order chi connectivity index (χ1) is 14.8. The number of aliphatic hydroxyl groups is 1. The van der Waals surface area contributed by atoms with Crippen LogP contribution >= 0.6 is 0 Å². The summed E-state index contributed by atoms with van der Waals surface area (Å²) < 4.78 is 10.5. The third-order valence-electron chi connectivity index (χ3n) is 4.58. The number of nitro benzene ring substituents is 1. The molecule has 2 aromatic rings. The van der Waals surface area contributed by atoms with E-state index in [9.17, 15) is 19.7 Å². The zero-order chi connectivity index (χ0) is 22.5. The van der Waals surface area contributed by atoms with Gasteiger partial charge in [0.25, 0.3) is 11.6 Å². The molecule has 0 atom stereocenters. The Hall–Kier alpha value is -3.92. The summed E-state index contributed by atoms with van der Waals surface area (Å²) in [7, 11) is 1.19. The Morgan fingerprint density at radius 2 is 1.94 bits per heavy atom. The second-order valence-electron chi connectivity index (χ2n) is 6.81. The van der Waals surface area contributed by atoms with E-state index in [2.05, 4.69) is 5.32 Å². The molecule has 0 fully saturated rings. The van der Waals surface area contributed by atoms with Gasteiger partial charge >= 0.3 is 5.97 Å². The van der Waals surface area contributed by atoms with Crippen LogP contribution in [0.3, 0.4) is 0 Å². The third kappa shape index (κ3) is 4.98. The lowest BCUT2D eigenvalue weighted by molar-refractivity contribution is -0.384. The summed E-state index contributed by atoms with van der Waals surface area (Å²) in [5, 5.41) is 23.3. The van der Waals surface area contributed by atoms with Gasteiger partial charge in [0.05, 0.1) is 36.8 Å². The number of esters is 1. The maximum Gasteiger partial charge on any atom is 0.337 e. The minimum absolute atomic E-state index is 0.0290. The van der Waals surface area contributed by atoms with Crippen LogP contribution in [-0.2, 0) is 14.3 Å². The minimum Gasteiger partial charge on any atom is -0.466 e. The van der Waals surface area contributed by atoms with E-state index in [4.69, 9.17) is 14.6 Å². The topological polar surface area (TPSA) is 131 Å². The van der Waals surface area contributed by atoms with Gasteiger partial charge in [0.15, 0.2) is 0 Å². The highest BCUT2D eigenvalue weighted by atomic mass is 16.6. The maximum atomic E-state index is 12.7. The number of aryl methyl sites for hydroxylation is 1. The smallest absolute Gasteiger partial charge is 0.337 e. The predicted molar refractivity (Wildman–Crippen MR) is 111 cm³/mol. The van der Waals surface area contributed by atoms with Crippen molar-refractivity contribution in [3.05, 3.63) is 69.4 Å². The molecular weight excluding hydrogens is 406 g/mol. The van der Waals surface area contributed by atoms with Gasteiger partial charge in [-0.15, -0.1) is 0 Å². The normalized spacial score (nSPS) is 13.4. The van der Waals surface area contributed by atoms with Crippen LogP contribution in [0, 0.1) is 17.0 Å². The predicted octanol–water partition coefficient (Wildman–Crippen LogP) is 2.37. The Bertz CT molecular complexity index is 1050. The molecule has 0 saturated carbocycles. The number of anilines is 1. The Morgan fingerprint density at radius 1 is 1.23 bits per heavy atom. The van der Waals surface area contributed by atoms with Crippen molar-refractivity contribution in [3.8, 4) is 11.5 Å². The molecule has 0 aliphatic carbocycles. The van der Waals surface area contributed by atoms with Crippen molar-refractivity contribution in [1.29, 1.82) is 0 Å². The lowest BCUT2D eigenvalue weighted by atomic mass is 10.2. The van der Waals surface area contributed by atoms with Gasteiger partial charge in [0.2, 0.25) is 0 Å². The van der Waals surface area contributed by atoms with Gasteiger partial charge < -0.3 is 24.8 Å². The number of hydrogen-bond acceptors (Lipinski definition) is 8. The van der Waals surface area contributed by atoms with E-state index in [-0.39, 0.29) is 48.1 Å². The first-order valence-corrected chi connectivity index (χ1v) is 9.35. The van der Waals surface area contributed by atoms with Crippen molar-refractivity contribution >= 4 is 23.3 Å². The fraction of sp³-hybridized carbons (Fsp3) is 0.238. The van der Waals surface area contributed by atoms with Crippen LogP contribution in [0.15, 0.2) is 53.7 Å². The van der Waals surface area contributed by atoms with E-state index in [0.717, 1.165) is 5.56 Å². The molecule has 0 aromatic heterocycles. The van der Waals surface area contributed by atoms with Gasteiger partial charge in [0.1, 0.15) is 17.2 Å². The number of carbonyl (C=O) groups excluding carboxylic acids is 2. The van der Waals surface area contributed by atoms with E-state index in [1.165, 1.54) is 30.2 Å². The van der Waals surface area contributed by atoms with Crippen LogP contribution in [0.5, 0.6) is 11.5 Å². The summed E-state index contributed by atoms with van der Waals surface area (Å²) in [6, 6.07) is 11.1. The number of hydrogen-bond donors (Lipinski definition) is 2. The molecule has 1 aliphatic rings. The first-order valence-electron chi connectivity index (χ1n) is 9.35. The fourth-order valence-corrected chi connectivity index (χ4v) is 3.06. The monoisotopic (exact) mass is 427 g/mol. The summed E-state index contributed by atoms with van der Waals surface area (Å²) >= 11 is 0. The Balaban J connectivity index is 1.95. The average Bonchev–Trinajstić information content (AvgIpc) is 3.05. The molecular formula is C21H21N3O7. The Labute approximate surface area is 177 Å². The van der Waals surface area contributed by atoms with Crippen molar-refractivity contribution in [2.45, 2.75) is 6.92 Å². The molecule has 0 saturated heterocycles. The van der Waals surface area contributed by atoms with Crippen molar-refractivity contribution in [2.24, 2.45) is 0 Å². The molecule has 162 valence electrons. The second kappa shape index (κ2) is 9.26. The number of ether oxygens (including phenoxy) is 2. The van der Waals surface area contributed by atoms with Crippen molar-refractivity contribution in [1.82, 2.24) is 4.90 Å². The highest BCUT2D eigenvalue weighted by molar-refractivity contribution is 6.08. The number of methoxy groups -OCH3 is 1. The van der Waals surface area contributed by atoms with E-state index in [0.29, 0.717) is 5.75 Å². The standard InChI is InChI=1S/C21H21N3O7/c1-13-3-5-16(6-4-13)31-17-10-14(9-15(11-17)24(28)29)22-19-18(21(27)30-2)12-23(7-8-25)20(19)26/h3-6,9-11,22,25H,7-8,12H2,1-2H3. The van der Waals surface area contributed by atoms with Crippen LogP contribution in [0.2, 0.25) is 0 Å². The highest BCUT2D eigenvalue weighted by Gasteiger charge is 2.34. The molecule has 0 unspecified atom stereocenters. The largest absolute Gasteiger partial charge is 0.466 e. The first kappa shape index (κ1) is 21.8. The number of amides is 1. The van der Waals surface area contributed by atoms with Gasteiger partial charge in [0, 0.05) is 24.4 Å². The average molecular weight is 427 g/mol. The number of β-amino-alcohol motifs (C(OH)–C–C–N with tert-alkyl or cyclic N) is 1. The van der Waals surface area contributed by atoms with Crippen LogP contribution in [0.1, 0.15) is 5.56 Å². The molecule has 10 nitrogen and oxygen atoms in total. The molecule has 3 rings (SSSR count). The number of rotatable bonds is 8. The summed E-state index contributed by atoms with van der Waals surface area (Å²) in [5.74, 6) is -0.573. The highest BCUT2D eigenvalue weighted by Crippen LogP contribution is 2.32. The van der Waals surface area contributed by atoms with Gasteiger partial charge in [-0.2, -0.15) is 0 Å². The number of nitro groups is 1. The van der Waals surface area contributed by atoms with E-state index in [1.54, 1.807) is 12.1 Å². The molecule has 1 amide bonds. The number of benzene rings is 2. The number of aliphatic hydroxyl groups excluding tert-OH is 1. The minimum atomic E-state index is -0.710. The molecule has 0 radical (unpaired) electrons. The number of non-ortho nitro benzene ring substituents is 1. The molecule has 31 heavy (non-hydrogen) atoms. The number of nitrogens with zero attached hydrogens (tertiary/aromatic N) is 2. The zero-order valence-corrected chi connectivity index (χ0v) is 17.0. The molecule has 1 heterocycles. The molecule has 0 bridgehead atoms. The Morgan fingerprint density at radius 3 is 2.55 bits per heavy atom. The van der Waals surface area contributed by atoms with Gasteiger partial charge in [-0.25, -0.2) is 4.79 Å². The van der Waals surface area contributed by atoms with Gasteiger partial charge in [-0.1, -0.05) is 17.7 Å². The van der Waals surface area contributed by atoms with E-state index < -0.39 is 16.8 Å². The van der Waals surface area contributed by atoms with Gasteiger partial charge in [-0.05, 0) is 19.1 Å². The van der Waals surface area contributed by atoms with Crippen LogP contribution < -0.4 is 10.1 Å². The molecule has 0 spiro atoms. The van der Waals surface area contributed by atoms with Crippen molar-refractivity contribution in [3.63, 3.8) is 0 Å². The van der Waals surface area contributed by atoms with E-state index in [1.807, 2.05) is 19.1 Å².